The number of hydrogen-bond acceptors (Lipinski definition) is 8. The van der Waals surface area contributed by atoms with Gasteiger partial charge < -0.3 is 43.4 Å². The maximum absolute atomic E-state index is 13.4. The minimum atomic E-state index is -1.27. The van der Waals surface area contributed by atoms with Gasteiger partial charge in [-0.1, -0.05) is 42.5 Å². The number of nitrogens with two attached hydrogens (primary N) is 3. The number of amides is 3. The number of carbonyl (C=O) groups excluding carboxylic acids is 3. The van der Waals surface area contributed by atoms with E-state index >= 15 is 0 Å². The van der Waals surface area contributed by atoms with Crippen molar-refractivity contribution in [2.45, 2.75) is 49.9 Å². The molecule has 0 heterocycles. The van der Waals surface area contributed by atoms with Crippen LogP contribution in [-0.4, -0.2) is 76.3 Å². The van der Waals surface area contributed by atoms with Gasteiger partial charge in [-0.2, -0.15) is 12.6 Å². The summed E-state index contributed by atoms with van der Waals surface area (Å²) in [5, 5.41) is 27.1. The third-order valence-electron chi connectivity index (χ3n) is 6.02. The maximum Gasteiger partial charge on any atom is 0.326 e. The van der Waals surface area contributed by atoms with Crippen molar-refractivity contribution < 1.29 is 29.4 Å². The molecule has 0 aliphatic rings. The summed E-state index contributed by atoms with van der Waals surface area (Å²) in [4.78, 5) is 55.1. The fraction of sp³-hybridized carbons (Fsp3) is 0.370. The van der Waals surface area contributed by atoms with Crippen LogP contribution < -0.4 is 33.2 Å². The van der Waals surface area contributed by atoms with E-state index in [-0.39, 0.29) is 43.3 Å². The number of nitrogens with one attached hydrogen (secondary N) is 3. The summed E-state index contributed by atoms with van der Waals surface area (Å²) in [6, 6.07) is 10.2. The third kappa shape index (κ3) is 11.8. The van der Waals surface area contributed by atoms with E-state index in [1.54, 1.807) is 42.5 Å². The second-order valence-electron chi connectivity index (χ2n) is 9.32. The van der Waals surface area contributed by atoms with Gasteiger partial charge in [0.2, 0.25) is 17.7 Å². The molecule has 0 aromatic heterocycles. The van der Waals surface area contributed by atoms with Gasteiger partial charge in [0.05, 0.1) is 6.04 Å². The molecule has 0 aliphatic heterocycles. The Morgan fingerprint density at radius 1 is 0.805 bits per heavy atom. The number of carboxylic acid groups (broad SMARTS) is 1. The normalized spacial score (nSPS) is 13.6. The van der Waals surface area contributed by atoms with Gasteiger partial charge in [0.1, 0.15) is 23.9 Å². The van der Waals surface area contributed by atoms with Gasteiger partial charge in [0, 0.05) is 25.1 Å². The van der Waals surface area contributed by atoms with E-state index in [1.807, 2.05) is 0 Å². The van der Waals surface area contributed by atoms with Crippen molar-refractivity contribution in [3.05, 3.63) is 65.7 Å². The molecule has 0 radical (unpaired) electrons. The van der Waals surface area contributed by atoms with Crippen molar-refractivity contribution >= 4 is 42.3 Å². The predicted octanol–water partition coefficient (Wildman–Crippen LogP) is -0.973. The molecule has 222 valence electrons. The molecule has 4 unspecified atom stereocenters. The van der Waals surface area contributed by atoms with Crippen LogP contribution in [0.25, 0.3) is 0 Å². The van der Waals surface area contributed by atoms with Crippen molar-refractivity contribution in [1.29, 1.82) is 0 Å². The number of guanidine groups is 1. The van der Waals surface area contributed by atoms with E-state index in [0.717, 1.165) is 0 Å². The monoisotopic (exact) mass is 587 g/mol. The summed E-state index contributed by atoms with van der Waals surface area (Å²) in [6.07, 6.45) is 0.430. The topological polar surface area (TPSA) is 235 Å². The molecule has 14 heteroatoms. The Kier molecular flexibility index (Phi) is 13.4. The number of benzene rings is 2. The average molecular weight is 588 g/mol. The molecule has 3 amide bonds. The van der Waals surface area contributed by atoms with Crippen LogP contribution in [-0.2, 0) is 32.0 Å². The zero-order valence-electron chi connectivity index (χ0n) is 22.4. The van der Waals surface area contributed by atoms with E-state index in [1.165, 1.54) is 12.1 Å². The number of phenolic OH excluding ortho intramolecular Hbond substituents is 1. The maximum atomic E-state index is 13.4. The standard InChI is InChI=1S/C27H37N7O6S/c28-19(15-41)23(36)32-20(7-4-12-31-27(29)30)24(37)33-21(13-17-8-10-18(35)11-9-17)25(38)34-22(26(39)40)14-16-5-2-1-3-6-16/h1-3,5-6,8-11,19-22,35,41H,4,7,12-15,28H2,(H,32,36)(H,33,37)(H,34,38)(H,39,40)(H4,29,30,31). The Labute approximate surface area is 243 Å². The summed E-state index contributed by atoms with van der Waals surface area (Å²) < 4.78 is 0. The van der Waals surface area contributed by atoms with Crippen molar-refractivity contribution in [1.82, 2.24) is 16.0 Å². The lowest BCUT2D eigenvalue weighted by Crippen LogP contribution is -2.58. The highest BCUT2D eigenvalue weighted by atomic mass is 32.1. The summed E-state index contributed by atoms with van der Waals surface area (Å²) in [7, 11) is 0. The lowest BCUT2D eigenvalue weighted by atomic mass is 10.0. The lowest BCUT2D eigenvalue weighted by molar-refractivity contribution is -0.142. The molecule has 11 N–H and O–H groups in total. The Balaban J connectivity index is 2.27. The minimum absolute atomic E-state index is 0.0108. The Hall–Kier alpha value is -4.30. The van der Waals surface area contributed by atoms with Crippen LogP contribution in [0.4, 0.5) is 0 Å². The van der Waals surface area contributed by atoms with E-state index in [0.29, 0.717) is 17.5 Å². The number of carboxylic acids is 1. The second kappa shape index (κ2) is 16.7. The van der Waals surface area contributed by atoms with Crippen molar-refractivity contribution in [3.63, 3.8) is 0 Å². The molecule has 0 saturated carbocycles. The zero-order valence-corrected chi connectivity index (χ0v) is 23.3. The number of nitrogens with zero attached hydrogens (tertiary/aromatic N) is 1. The van der Waals surface area contributed by atoms with Gasteiger partial charge in [-0.15, -0.1) is 0 Å². The molecule has 0 saturated heterocycles. The molecule has 2 rings (SSSR count). The lowest BCUT2D eigenvalue weighted by Gasteiger charge is -2.25. The van der Waals surface area contributed by atoms with Crippen LogP contribution in [0.1, 0.15) is 24.0 Å². The number of hydrogen-bond donors (Lipinski definition) is 9. The van der Waals surface area contributed by atoms with E-state index in [4.69, 9.17) is 17.2 Å². The number of aliphatic imine (C=N–C) groups is 1. The highest BCUT2D eigenvalue weighted by Gasteiger charge is 2.30. The van der Waals surface area contributed by atoms with Crippen molar-refractivity contribution in [3.8, 4) is 5.75 Å². The van der Waals surface area contributed by atoms with Gasteiger partial charge in [-0.3, -0.25) is 19.4 Å². The van der Waals surface area contributed by atoms with E-state index < -0.39 is 47.9 Å². The molecular weight excluding hydrogens is 550 g/mol. The van der Waals surface area contributed by atoms with Gasteiger partial charge in [-0.05, 0) is 36.1 Å². The first-order valence-corrected chi connectivity index (χ1v) is 13.5. The van der Waals surface area contributed by atoms with Gasteiger partial charge in [0.25, 0.3) is 0 Å². The van der Waals surface area contributed by atoms with Crippen molar-refractivity contribution in [2.75, 3.05) is 12.3 Å². The first kappa shape index (κ1) is 32.9. The largest absolute Gasteiger partial charge is 0.508 e. The number of aromatic hydroxyl groups is 1. The molecule has 0 bridgehead atoms. The fourth-order valence-corrected chi connectivity index (χ4v) is 3.97. The molecule has 13 nitrogen and oxygen atoms in total. The smallest absolute Gasteiger partial charge is 0.326 e. The predicted molar refractivity (Wildman–Crippen MR) is 157 cm³/mol. The summed E-state index contributed by atoms with van der Waals surface area (Å²) in [5.74, 6) is -3.37. The van der Waals surface area contributed by atoms with Crippen molar-refractivity contribution in [2.24, 2.45) is 22.2 Å². The van der Waals surface area contributed by atoms with Gasteiger partial charge >= 0.3 is 5.97 Å². The number of thiol groups is 1. The highest BCUT2D eigenvalue weighted by Crippen LogP contribution is 2.13. The van der Waals surface area contributed by atoms with Crippen LogP contribution in [0.3, 0.4) is 0 Å². The quantitative estimate of drug-likeness (QED) is 0.0507. The fourth-order valence-electron chi connectivity index (χ4n) is 3.81. The van der Waals surface area contributed by atoms with Crippen LogP contribution >= 0.6 is 12.6 Å². The summed E-state index contributed by atoms with van der Waals surface area (Å²) >= 11 is 4.02. The average Bonchev–Trinajstić information content (AvgIpc) is 2.94. The highest BCUT2D eigenvalue weighted by molar-refractivity contribution is 7.80. The number of phenols is 1. The number of rotatable bonds is 16. The minimum Gasteiger partial charge on any atom is -0.508 e. The molecule has 2 aromatic rings. The summed E-state index contributed by atoms with van der Waals surface area (Å²) in [6.45, 7) is 0.192. The molecule has 0 fully saturated rings. The third-order valence-corrected chi connectivity index (χ3v) is 6.41. The Morgan fingerprint density at radius 2 is 1.34 bits per heavy atom. The molecule has 0 aliphatic carbocycles. The first-order chi connectivity index (χ1) is 19.5. The first-order valence-electron chi connectivity index (χ1n) is 12.9. The zero-order chi connectivity index (χ0) is 30.4. The molecule has 2 aromatic carbocycles. The van der Waals surface area contributed by atoms with E-state index in [2.05, 4.69) is 33.6 Å². The second-order valence-corrected chi connectivity index (χ2v) is 9.69. The van der Waals surface area contributed by atoms with Crippen LogP contribution in [0.2, 0.25) is 0 Å². The molecule has 41 heavy (non-hydrogen) atoms. The molecular formula is C27H37N7O6S. The number of carbonyl (C=O) groups is 4. The van der Waals surface area contributed by atoms with Crippen LogP contribution in [0.5, 0.6) is 5.75 Å². The summed E-state index contributed by atoms with van der Waals surface area (Å²) in [5.41, 5.74) is 17.7. The van der Waals surface area contributed by atoms with Gasteiger partial charge in [-0.25, -0.2) is 4.79 Å². The SMILES string of the molecule is NC(N)=NCCCC(NC(=O)C(N)CS)C(=O)NC(Cc1ccc(O)cc1)C(=O)NC(Cc1ccccc1)C(=O)O. The van der Waals surface area contributed by atoms with Crippen LogP contribution in [0.15, 0.2) is 59.6 Å². The molecule has 4 atom stereocenters. The Morgan fingerprint density at radius 3 is 1.93 bits per heavy atom. The molecule has 0 spiro atoms. The van der Waals surface area contributed by atoms with Crippen LogP contribution in [0, 0.1) is 0 Å². The number of aliphatic carboxylic acids is 1. The van der Waals surface area contributed by atoms with Gasteiger partial charge in [0.15, 0.2) is 5.96 Å². The van der Waals surface area contributed by atoms with E-state index in [9.17, 15) is 29.4 Å². The Bertz CT molecular complexity index is 1190.